The molecule has 3 rings (SSSR count). The number of ether oxygens (including phenoxy) is 3. The monoisotopic (exact) mass is 468 g/mol. The van der Waals surface area contributed by atoms with Crippen LogP contribution in [-0.4, -0.2) is 34.9 Å². The zero-order chi connectivity index (χ0) is 23.5. The summed E-state index contributed by atoms with van der Waals surface area (Å²) in [6.07, 6.45) is -7.86. The van der Waals surface area contributed by atoms with Crippen LogP contribution in [0, 0.1) is 17.5 Å². The molecule has 0 bridgehead atoms. The Hall–Kier alpha value is -2.47. The third-order valence-corrected chi connectivity index (χ3v) is 4.64. The molecule has 0 N–H and O–H groups in total. The fourth-order valence-electron chi connectivity index (χ4n) is 3.08. The van der Waals surface area contributed by atoms with Crippen LogP contribution in [0.1, 0.15) is 37.6 Å². The molecular formula is C20H19F7N2O3. The van der Waals surface area contributed by atoms with Crippen molar-refractivity contribution in [3.8, 4) is 5.75 Å². The van der Waals surface area contributed by atoms with Crippen molar-refractivity contribution in [2.45, 2.75) is 57.0 Å². The second-order valence-corrected chi connectivity index (χ2v) is 7.19. The van der Waals surface area contributed by atoms with E-state index in [4.69, 9.17) is 4.74 Å². The van der Waals surface area contributed by atoms with Gasteiger partial charge in [0.05, 0.1) is 12.7 Å². The first-order chi connectivity index (χ1) is 15.0. The van der Waals surface area contributed by atoms with Gasteiger partial charge in [-0.3, -0.25) is 0 Å². The van der Waals surface area contributed by atoms with Gasteiger partial charge in [0.2, 0.25) is 5.82 Å². The van der Waals surface area contributed by atoms with Crippen LogP contribution in [0.4, 0.5) is 30.7 Å². The van der Waals surface area contributed by atoms with Crippen molar-refractivity contribution in [1.29, 1.82) is 0 Å². The van der Waals surface area contributed by atoms with Crippen molar-refractivity contribution in [1.82, 2.24) is 9.97 Å². The topological polar surface area (TPSA) is 53.5 Å². The van der Waals surface area contributed by atoms with Crippen LogP contribution in [0.5, 0.6) is 5.75 Å². The Morgan fingerprint density at radius 3 is 2.19 bits per heavy atom. The number of alkyl halides is 4. The Morgan fingerprint density at radius 2 is 1.66 bits per heavy atom. The summed E-state index contributed by atoms with van der Waals surface area (Å²) >= 11 is 0. The molecule has 1 aromatic heterocycles. The van der Waals surface area contributed by atoms with Crippen molar-refractivity contribution in [3.05, 3.63) is 53.4 Å². The smallest absolute Gasteiger partial charge is 0.424 e. The second kappa shape index (κ2) is 9.57. The fraction of sp³-hybridized carbons (Fsp3) is 0.500. The lowest BCUT2D eigenvalue weighted by atomic mass is 10.1. The lowest BCUT2D eigenvalue weighted by Gasteiger charge is -2.34. The predicted molar refractivity (Wildman–Crippen MR) is 95.7 cm³/mol. The largest absolute Gasteiger partial charge is 0.430 e. The van der Waals surface area contributed by atoms with Gasteiger partial charge in [0.25, 0.3) is 0 Å². The molecule has 0 spiro atoms. The molecule has 1 fully saturated rings. The first-order valence-electron chi connectivity index (χ1n) is 9.72. The highest BCUT2D eigenvalue weighted by Crippen LogP contribution is 2.36. The summed E-state index contributed by atoms with van der Waals surface area (Å²) in [4.78, 5) is 7.20. The van der Waals surface area contributed by atoms with Crippen molar-refractivity contribution in [3.63, 3.8) is 0 Å². The number of hydrogen-bond donors (Lipinski definition) is 0. The molecular weight excluding hydrogens is 449 g/mol. The molecule has 1 aliphatic rings. The number of aromatic nitrogens is 2. The Labute approximate surface area is 178 Å². The van der Waals surface area contributed by atoms with Crippen LogP contribution in [0.15, 0.2) is 24.5 Å². The van der Waals surface area contributed by atoms with E-state index in [2.05, 4.69) is 19.4 Å². The standard InChI is InChI=1S/C20H19F7N2O3/c1-2-3-11-8-28-18(29-9-11)20(26,27)31-12-4-5-16(30-10-12)19(24,25)32-13-6-14(21)17(23)15(22)7-13/h6-9,12,16H,2-5,10H2,1H3. The van der Waals surface area contributed by atoms with Gasteiger partial charge in [-0.25, -0.2) is 23.1 Å². The first-order valence-corrected chi connectivity index (χ1v) is 9.72. The molecule has 5 nitrogen and oxygen atoms in total. The molecule has 0 aliphatic carbocycles. The zero-order valence-corrected chi connectivity index (χ0v) is 16.8. The van der Waals surface area contributed by atoms with E-state index < -0.39 is 66.5 Å². The molecule has 0 radical (unpaired) electrons. The molecule has 12 heteroatoms. The lowest BCUT2D eigenvalue weighted by molar-refractivity contribution is -0.313. The quantitative estimate of drug-likeness (QED) is 0.397. The Kier molecular flexibility index (Phi) is 7.23. The fourth-order valence-corrected chi connectivity index (χ4v) is 3.08. The van der Waals surface area contributed by atoms with Crippen molar-refractivity contribution < 1.29 is 44.9 Å². The average Bonchev–Trinajstić information content (AvgIpc) is 2.72. The van der Waals surface area contributed by atoms with Gasteiger partial charge >= 0.3 is 12.2 Å². The van der Waals surface area contributed by atoms with Crippen LogP contribution in [0.3, 0.4) is 0 Å². The van der Waals surface area contributed by atoms with Crippen LogP contribution in [0.2, 0.25) is 0 Å². The van der Waals surface area contributed by atoms with Gasteiger partial charge in [0, 0.05) is 24.5 Å². The summed E-state index contributed by atoms with van der Waals surface area (Å²) in [5.41, 5.74) is 0.680. The Balaban J connectivity index is 1.57. The minimum atomic E-state index is -4.07. The van der Waals surface area contributed by atoms with Crippen LogP contribution in [0.25, 0.3) is 0 Å². The number of rotatable bonds is 8. The van der Waals surface area contributed by atoms with Gasteiger partial charge in [0.15, 0.2) is 23.6 Å². The van der Waals surface area contributed by atoms with Gasteiger partial charge in [-0.1, -0.05) is 13.3 Å². The van der Waals surface area contributed by atoms with Crippen molar-refractivity contribution >= 4 is 0 Å². The molecule has 1 aliphatic heterocycles. The zero-order valence-electron chi connectivity index (χ0n) is 16.8. The lowest BCUT2D eigenvalue weighted by Crippen LogP contribution is -2.47. The van der Waals surface area contributed by atoms with Crippen LogP contribution >= 0.6 is 0 Å². The molecule has 32 heavy (non-hydrogen) atoms. The molecule has 1 aromatic carbocycles. The summed E-state index contributed by atoms with van der Waals surface area (Å²) in [6.45, 7) is 1.28. The van der Waals surface area contributed by atoms with E-state index in [0.29, 0.717) is 12.0 Å². The van der Waals surface area contributed by atoms with E-state index in [-0.39, 0.29) is 18.6 Å². The molecule has 2 aromatic rings. The highest BCUT2D eigenvalue weighted by atomic mass is 19.3. The van der Waals surface area contributed by atoms with E-state index in [0.717, 1.165) is 6.42 Å². The van der Waals surface area contributed by atoms with E-state index in [9.17, 15) is 30.7 Å². The van der Waals surface area contributed by atoms with Crippen LogP contribution in [-0.2, 0) is 22.0 Å². The number of nitrogens with zero attached hydrogens (tertiary/aromatic N) is 2. The third-order valence-electron chi connectivity index (χ3n) is 4.64. The normalized spacial score (nSPS) is 19.8. The summed E-state index contributed by atoms with van der Waals surface area (Å²) in [5.74, 6) is -7.07. The molecule has 0 saturated carbocycles. The van der Waals surface area contributed by atoms with E-state index in [1.54, 1.807) is 0 Å². The molecule has 2 atom stereocenters. The van der Waals surface area contributed by atoms with Crippen LogP contribution < -0.4 is 4.74 Å². The summed E-state index contributed by atoms with van der Waals surface area (Å²) < 4.78 is 110. The Bertz CT molecular complexity index is 897. The second-order valence-electron chi connectivity index (χ2n) is 7.19. The third kappa shape index (κ3) is 5.66. The minimum absolute atomic E-state index is 0.251. The molecule has 0 amide bonds. The van der Waals surface area contributed by atoms with E-state index in [1.165, 1.54) is 12.4 Å². The minimum Gasteiger partial charge on any atom is -0.430 e. The van der Waals surface area contributed by atoms with Gasteiger partial charge in [-0.05, 0) is 24.8 Å². The SMILES string of the molecule is CCCc1cnc(C(F)(F)OC2CCC(C(F)(F)Oc3cc(F)c(F)c(F)c3)OC2)nc1. The maximum atomic E-state index is 14.3. The maximum Gasteiger partial charge on any atom is 0.424 e. The van der Waals surface area contributed by atoms with Gasteiger partial charge in [0.1, 0.15) is 5.75 Å². The first kappa shape index (κ1) is 24.2. The molecule has 2 unspecified atom stereocenters. The predicted octanol–water partition coefficient (Wildman–Crippen LogP) is 5.13. The van der Waals surface area contributed by atoms with Crippen molar-refractivity contribution in [2.75, 3.05) is 6.61 Å². The Morgan fingerprint density at radius 1 is 1.03 bits per heavy atom. The van der Waals surface area contributed by atoms with Crippen molar-refractivity contribution in [2.24, 2.45) is 0 Å². The number of benzene rings is 1. The highest BCUT2D eigenvalue weighted by molar-refractivity contribution is 5.25. The summed E-state index contributed by atoms with van der Waals surface area (Å²) in [5, 5.41) is 0. The van der Waals surface area contributed by atoms with Gasteiger partial charge in [-0.2, -0.15) is 17.6 Å². The molecule has 1 saturated heterocycles. The van der Waals surface area contributed by atoms with E-state index in [1.807, 2.05) is 6.92 Å². The highest BCUT2D eigenvalue weighted by Gasteiger charge is 2.48. The number of halogens is 7. The van der Waals surface area contributed by atoms with Gasteiger partial charge < -0.3 is 14.2 Å². The molecule has 176 valence electrons. The van der Waals surface area contributed by atoms with E-state index >= 15 is 0 Å². The summed E-state index contributed by atoms with van der Waals surface area (Å²) in [7, 11) is 0. The average molecular weight is 468 g/mol. The molecule has 2 heterocycles. The summed E-state index contributed by atoms with van der Waals surface area (Å²) in [6, 6.07) is 0.515. The number of aryl methyl sites for hydroxylation is 1. The number of hydrogen-bond acceptors (Lipinski definition) is 5. The maximum absolute atomic E-state index is 14.3. The van der Waals surface area contributed by atoms with Gasteiger partial charge in [-0.15, -0.1) is 0 Å².